The van der Waals surface area contributed by atoms with Gasteiger partial charge in [-0.1, -0.05) is 23.7 Å². The first-order valence-electron chi connectivity index (χ1n) is 6.25. The minimum atomic E-state index is -0.257. The summed E-state index contributed by atoms with van der Waals surface area (Å²) in [4.78, 5) is 12.1. The van der Waals surface area contributed by atoms with E-state index in [0.29, 0.717) is 28.4 Å². The first-order valence-corrected chi connectivity index (χ1v) is 6.62. The number of hydrogen-bond acceptors (Lipinski definition) is 3. The number of methoxy groups -OCH3 is 1. The Balaban J connectivity index is 2.10. The maximum Gasteiger partial charge on any atom is 0.255 e. The van der Waals surface area contributed by atoms with Crippen LogP contribution >= 0.6 is 11.6 Å². The van der Waals surface area contributed by atoms with Crippen molar-refractivity contribution >= 4 is 23.2 Å². The number of nitrogens with one attached hydrogen (secondary N) is 1. The van der Waals surface area contributed by atoms with Gasteiger partial charge in [-0.25, -0.2) is 0 Å². The van der Waals surface area contributed by atoms with E-state index >= 15 is 0 Å². The molecule has 0 aliphatic heterocycles. The molecule has 0 aliphatic carbocycles. The van der Waals surface area contributed by atoms with Crippen LogP contribution in [0.4, 0.5) is 5.69 Å². The molecule has 2 rings (SSSR count). The lowest BCUT2D eigenvalue weighted by molar-refractivity contribution is 0.102. The topological polar surface area (TPSA) is 62.1 Å². The van der Waals surface area contributed by atoms with Crippen molar-refractivity contribution in [3.05, 3.63) is 58.6 Å². The molecule has 0 unspecified atom stereocenters. The van der Waals surface area contributed by atoms with Gasteiger partial charge in [0.1, 0.15) is 5.75 Å². The Hall–Kier alpha value is -2.51. The van der Waals surface area contributed by atoms with Crippen LogP contribution in [0.25, 0.3) is 0 Å². The number of carbonyl (C=O) groups is 1. The SMILES string of the molecule is COc1ccc(C(=O)Nc2ccc(CC#N)cc2)cc1Cl. The molecule has 0 saturated heterocycles. The largest absolute Gasteiger partial charge is 0.495 e. The molecule has 21 heavy (non-hydrogen) atoms. The van der Waals surface area contributed by atoms with Crippen LogP contribution in [-0.4, -0.2) is 13.0 Å². The van der Waals surface area contributed by atoms with Crippen molar-refractivity contribution in [3.63, 3.8) is 0 Å². The summed E-state index contributed by atoms with van der Waals surface area (Å²) in [5.74, 6) is 0.265. The van der Waals surface area contributed by atoms with Gasteiger partial charge in [0, 0.05) is 11.3 Å². The highest BCUT2D eigenvalue weighted by molar-refractivity contribution is 6.32. The van der Waals surface area contributed by atoms with Crippen LogP contribution in [0.15, 0.2) is 42.5 Å². The second kappa shape index (κ2) is 6.78. The van der Waals surface area contributed by atoms with Gasteiger partial charge in [0.2, 0.25) is 0 Å². The molecule has 1 amide bonds. The maximum atomic E-state index is 12.1. The van der Waals surface area contributed by atoms with Gasteiger partial charge in [-0.2, -0.15) is 5.26 Å². The molecule has 1 N–H and O–H groups in total. The molecule has 0 spiro atoms. The van der Waals surface area contributed by atoms with Crippen LogP contribution in [0.5, 0.6) is 5.75 Å². The molecular formula is C16H13ClN2O2. The highest BCUT2D eigenvalue weighted by atomic mass is 35.5. The fraction of sp³-hybridized carbons (Fsp3) is 0.125. The van der Waals surface area contributed by atoms with Crippen molar-refractivity contribution in [2.45, 2.75) is 6.42 Å². The first kappa shape index (κ1) is 14.9. The molecule has 2 aromatic rings. The van der Waals surface area contributed by atoms with E-state index in [1.54, 1.807) is 42.5 Å². The zero-order chi connectivity index (χ0) is 15.2. The second-order valence-corrected chi connectivity index (χ2v) is 4.74. The van der Waals surface area contributed by atoms with Crippen molar-refractivity contribution in [1.82, 2.24) is 0 Å². The predicted octanol–water partition coefficient (Wildman–Crippen LogP) is 3.67. The molecule has 0 fully saturated rings. The number of nitriles is 1. The van der Waals surface area contributed by atoms with E-state index in [4.69, 9.17) is 21.6 Å². The quantitative estimate of drug-likeness (QED) is 0.937. The summed E-state index contributed by atoms with van der Waals surface area (Å²) in [5.41, 5.74) is 2.01. The van der Waals surface area contributed by atoms with Crippen LogP contribution in [0, 0.1) is 11.3 Å². The van der Waals surface area contributed by atoms with Gasteiger partial charge < -0.3 is 10.1 Å². The van der Waals surface area contributed by atoms with Crippen LogP contribution in [0.3, 0.4) is 0 Å². The molecule has 2 aromatic carbocycles. The fourth-order valence-electron chi connectivity index (χ4n) is 1.81. The number of benzene rings is 2. The summed E-state index contributed by atoms with van der Waals surface area (Å²) < 4.78 is 5.04. The Morgan fingerprint density at radius 3 is 2.57 bits per heavy atom. The number of amides is 1. The van der Waals surface area contributed by atoms with E-state index in [2.05, 4.69) is 11.4 Å². The third-order valence-corrected chi connectivity index (χ3v) is 3.20. The van der Waals surface area contributed by atoms with Gasteiger partial charge in [-0.3, -0.25) is 4.79 Å². The zero-order valence-electron chi connectivity index (χ0n) is 11.4. The molecule has 106 valence electrons. The summed E-state index contributed by atoms with van der Waals surface area (Å²) in [6.07, 6.45) is 0.350. The zero-order valence-corrected chi connectivity index (χ0v) is 12.1. The van der Waals surface area contributed by atoms with Gasteiger partial charge in [-0.15, -0.1) is 0 Å². The summed E-state index contributed by atoms with van der Waals surface area (Å²) in [6, 6.07) is 14.0. The standard InChI is InChI=1S/C16H13ClN2O2/c1-21-15-7-4-12(10-14(15)17)16(20)19-13-5-2-11(3-6-13)8-9-18/h2-7,10H,8H2,1H3,(H,19,20). The third kappa shape index (κ3) is 3.74. The fourth-order valence-corrected chi connectivity index (χ4v) is 2.07. The Morgan fingerprint density at radius 2 is 2.00 bits per heavy atom. The second-order valence-electron chi connectivity index (χ2n) is 4.34. The summed E-state index contributed by atoms with van der Waals surface area (Å²) in [7, 11) is 1.52. The lowest BCUT2D eigenvalue weighted by atomic mass is 10.1. The van der Waals surface area contributed by atoms with Crippen molar-refractivity contribution < 1.29 is 9.53 Å². The van der Waals surface area contributed by atoms with Crippen LogP contribution in [-0.2, 0) is 6.42 Å². The van der Waals surface area contributed by atoms with Crippen molar-refractivity contribution in [2.75, 3.05) is 12.4 Å². The van der Waals surface area contributed by atoms with Gasteiger partial charge in [0.05, 0.1) is 24.6 Å². The van der Waals surface area contributed by atoms with Crippen molar-refractivity contribution in [1.29, 1.82) is 5.26 Å². The maximum absolute atomic E-state index is 12.1. The van der Waals surface area contributed by atoms with Gasteiger partial charge in [0.15, 0.2) is 0 Å². The first-order chi connectivity index (χ1) is 10.1. The Labute approximate surface area is 127 Å². The van der Waals surface area contributed by atoms with E-state index in [9.17, 15) is 4.79 Å². The molecule has 0 saturated carbocycles. The molecular weight excluding hydrogens is 288 g/mol. The van der Waals surface area contributed by atoms with E-state index in [1.165, 1.54) is 7.11 Å². The van der Waals surface area contributed by atoms with Gasteiger partial charge in [-0.05, 0) is 35.9 Å². The van der Waals surface area contributed by atoms with Gasteiger partial charge in [0.25, 0.3) is 5.91 Å². The molecule has 0 radical (unpaired) electrons. The highest BCUT2D eigenvalue weighted by Gasteiger charge is 2.09. The van der Waals surface area contributed by atoms with E-state index in [0.717, 1.165) is 5.56 Å². The molecule has 0 aromatic heterocycles. The smallest absolute Gasteiger partial charge is 0.255 e. The molecule has 5 heteroatoms. The number of hydrogen-bond donors (Lipinski definition) is 1. The number of carbonyl (C=O) groups excluding carboxylic acids is 1. The number of nitrogens with zero attached hydrogens (tertiary/aromatic N) is 1. The molecule has 0 atom stereocenters. The lowest BCUT2D eigenvalue weighted by Crippen LogP contribution is -2.11. The molecule has 0 heterocycles. The molecule has 0 aliphatic rings. The monoisotopic (exact) mass is 300 g/mol. The average molecular weight is 301 g/mol. The third-order valence-electron chi connectivity index (χ3n) is 2.91. The number of rotatable bonds is 4. The van der Waals surface area contributed by atoms with Crippen LogP contribution < -0.4 is 10.1 Å². The molecule has 4 nitrogen and oxygen atoms in total. The van der Waals surface area contributed by atoms with Crippen LogP contribution in [0.2, 0.25) is 5.02 Å². The minimum absolute atomic E-state index is 0.257. The Morgan fingerprint density at radius 1 is 1.29 bits per heavy atom. The van der Waals surface area contributed by atoms with Crippen molar-refractivity contribution in [3.8, 4) is 11.8 Å². The summed E-state index contributed by atoms with van der Waals surface area (Å²) in [5, 5.41) is 11.8. The molecule has 0 bridgehead atoms. The minimum Gasteiger partial charge on any atom is -0.495 e. The predicted molar refractivity (Wildman–Crippen MR) is 81.7 cm³/mol. The average Bonchev–Trinajstić information content (AvgIpc) is 2.49. The number of anilines is 1. The van der Waals surface area contributed by atoms with E-state index in [1.807, 2.05) is 0 Å². The number of ether oxygens (including phenoxy) is 1. The van der Waals surface area contributed by atoms with E-state index < -0.39 is 0 Å². The normalized spacial score (nSPS) is 9.76. The van der Waals surface area contributed by atoms with Crippen LogP contribution in [0.1, 0.15) is 15.9 Å². The van der Waals surface area contributed by atoms with Gasteiger partial charge >= 0.3 is 0 Å². The van der Waals surface area contributed by atoms with E-state index in [-0.39, 0.29) is 5.91 Å². The Bertz CT molecular complexity index is 690. The number of halogens is 1. The summed E-state index contributed by atoms with van der Waals surface area (Å²) in [6.45, 7) is 0. The van der Waals surface area contributed by atoms with Crippen molar-refractivity contribution in [2.24, 2.45) is 0 Å². The summed E-state index contributed by atoms with van der Waals surface area (Å²) >= 11 is 6.00. The highest BCUT2D eigenvalue weighted by Crippen LogP contribution is 2.25. The Kier molecular flexibility index (Phi) is 4.81. The lowest BCUT2D eigenvalue weighted by Gasteiger charge is -2.08.